The van der Waals surface area contributed by atoms with E-state index in [1.54, 1.807) is 36.1 Å². The van der Waals surface area contributed by atoms with Crippen LogP contribution in [-0.2, 0) is 9.53 Å². The number of carbonyl (C=O) groups is 3. The first kappa shape index (κ1) is 18.4. The normalized spacial score (nSPS) is 16.1. The van der Waals surface area contributed by atoms with Crippen molar-refractivity contribution in [3.05, 3.63) is 60.2 Å². The number of hydrogen-bond acceptors (Lipinski definition) is 4. The van der Waals surface area contributed by atoms with Gasteiger partial charge in [0.2, 0.25) is 5.91 Å². The van der Waals surface area contributed by atoms with Crippen LogP contribution in [0.3, 0.4) is 0 Å². The monoisotopic (exact) mass is 367 g/mol. The number of esters is 1. The minimum atomic E-state index is -0.404. The predicted octanol–water partition coefficient (Wildman–Crippen LogP) is 2.79. The van der Waals surface area contributed by atoms with Crippen molar-refractivity contribution in [3.8, 4) is 0 Å². The Bertz CT molecular complexity index is 821. The Hall–Kier alpha value is -3.35. The lowest BCUT2D eigenvalue weighted by atomic mass is 10.2. The maximum absolute atomic E-state index is 12.2. The predicted molar refractivity (Wildman–Crippen MR) is 102 cm³/mol. The summed E-state index contributed by atoms with van der Waals surface area (Å²) in [5.74, 6) is -0.427. The fourth-order valence-corrected chi connectivity index (χ4v) is 2.92. The SMILES string of the molecule is CCOC(=O)c1ccc(NC(=O)N[C@@H]2CC(=O)N(c3ccccc3)C2)cc1. The molecular formula is C20H21N3O4. The Labute approximate surface area is 157 Å². The van der Waals surface area contributed by atoms with E-state index in [9.17, 15) is 14.4 Å². The Morgan fingerprint density at radius 3 is 2.48 bits per heavy atom. The molecule has 27 heavy (non-hydrogen) atoms. The summed E-state index contributed by atoms with van der Waals surface area (Å²) in [7, 11) is 0. The van der Waals surface area contributed by atoms with E-state index in [1.807, 2.05) is 30.3 Å². The van der Waals surface area contributed by atoms with E-state index < -0.39 is 12.0 Å². The van der Waals surface area contributed by atoms with Crippen LogP contribution in [0.1, 0.15) is 23.7 Å². The molecule has 1 saturated heterocycles. The number of hydrogen-bond donors (Lipinski definition) is 2. The highest BCUT2D eigenvalue weighted by Crippen LogP contribution is 2.21. The van der Waals surface area contributed by atoms with E-state index in [-0.39, 0.29) is 18.4 Å². The molecule has 3 amide bonds. The quantitative estimate of drug-likeness (QED) is 0.796. The maximum Gasteiger partial charge on any atom is 0.338 e. The average molecular weight is 367 g/mol. The fraction of sp³-hybridized carbons (Fsp3) is 0.250. The molecule has 0 aromatic heterocycles. The second-order valence-electron chi connectivity index (χ2n) is 6.14. The molecule has 1 atom stereocenters. The number of rotatable bonds is 5. The van der Waals surface area contributed by atoms with Gasteiger partial charge in [0.15, 0.2) is 0 Å². The lowest BCUT2D eigenvalue weighted by molar-refractivity contribution is -0.117. The van der Waals surface area contributed by atoms with Crippen molar-refractivity contribution in [2.24, 2.45) is 0 Å². The minimum Gasteiger partial charge on any atom is -0.462 e. The smallest absolute Gasteiger partial charge is 0.338 e. The third-order valence-corrected chi connectivity index (χ3v) is 4.18. The first-order valence-electron chi connectivity index (χ1n) is 8.77. The van der Waals surface area contributed by atoms with E-state index >= 15 is 0 Å². The van der Waals surface area contributed by atoms with Crippen molar-refractivity contribution < 1.29 is 19.1 Å². The second kappa shape index (κ2) is 8.35. The van der Waals surface area contributed by atoms with Gasteiger partial charge in [-0.3, -0.25) is 4.79 Å². The van der Waals surface area contributed by atoms with E-state index in [4.69, 9.17) is 4.74 Å². The molecular weight excluding hydrogens is 346 g/mol. The molecule has 1 fully saturated rings. The molecule has 3 rings (SSSR count). The van der Waals surface area contributed by atoms with Gasteiger partial charge in [-0.25, -0.2) is 9.59 Å². The number of urea groups is 1. The zero-order valence-electron chi connectivity index (χ0n) is 15.0. The summed E-state index contributed by atoms with van der Waals surface area (Å²) in [6.07, 6.45) is 0.254. The van der Waals surface area contributed by atoms with Crippen molar-refractivity contribution in [3.63, 3.8) is 0 Å². The van der Waals surface area contributed by atoms with Crippen molar-refractivity contribution in [1.29, 1.82) is 0 Å². The van der Waals surface area contributed by atoms with Gasteiger partial charge in [-0.2, -0.15) is 0 Å². The highest BCUT2D eigenvalue weighted by molar-refractivity contribution is 5.97. The van der Waals surface area contributed by atoms with Crippen molar-refractivity contribution in [1.82, 2.24) is 5.32 Å². The molecule has 0 radical (unpaired) electrons. The molecule has 7 nitrogen and oxygen atoms in total. The molecule has 1 aliphatic rings. The summed E-state index contributed by atoms with van der Waals surface area (Å²) < 4.78 is 4.92. The Balaban J connectivity index is 1.54. The molecule has 0 spiro atoms. The lowest BCUT2D eigenvalue weighted by Gasteiger charge is -2.17. The maximum atomic E-state index is 12.2. The van der Waals surface area contributed by atoms with Crippen LogP contribution in [0.4, 0.5) is 16.2 Å². The Kier molecular flexibility index (Phi) is 5.71. The number of para-hydroxylation sites is 1. The average Bonchev–Trinajstić information content (AvgIpc) is 3.03. The van der Waals surface area contributed by atoms with Crippen LogP contribution in [0.25, 0.3) is 0 Å². The summed E-state index contributed by atoms with van der Waals surface area (Å²) in [5.41, 5.74) is 1.79. The molecule has 0 aliphatic carbocycles. The van der Waals surface area contributed by atoms with Gasteiger partial charge in [0.25, 0.3) is 0 Å². The number of amides is 3. The summed E-state index contributed by atoms with van der Waals surface area (Å²) in [6.45, 7) is 2.48. The molecule has 140 valence electrons. The van der Waals surface area contributed by atoms with E-state index in [0.717, 1.165) is 5.69 Å². The van der Waals surface area contributed by atoms with Crippen LogP contribution in [0, 0.1) is 0 Å². The van der Waals surface area contributed by atoms with E-state index in [1.165, 1.54) is 0 Å². The number of anilines is 2. The van der Waals surface area contributed by atoms with Gasteiger partial charge in [0, 0.05) is 24.3 Å². The molecule has 2 N–H and O–H groups in total. The topological polar surface area (TPSA) is 87.7 Å². The molecule has 1 aliphatic heterocycles. The number of nitrogens with one attached hydrogen (secondary N) is 2. The first-order chi connectivity index (χ1) is 13.1. The Morgan fingerprint density at radius 1 is 1.11 bits per heavy atom. The number of ether oxygens (including phenoxy) is 1. The zero-order chi connectivity index (χ0) is 19.2. The molecule has 0 unspecified atom stereocenters. The van der Waals surface area contributed by atoms with Crippen LogP contribution < -0.4 is 15.5 Å². The highest BCUT2D eigenvalue weighted by atomic mass is 16.5. The van der Waals surface area contributed by atoms with Gasteiger partial charge < -0.3 is 20.3 Å². The lowest BCUT2D eigenvalue weighted by Crippen LogP contribution is -2.39. The summed E-state index contributed by atoms with van der Waals surface area (Å²) in [6, 6.07) is 15.1. The van der Waals surface area contributed by atoms with Crippen LogP contribution >= 0.6 is 0 Å². The standard InChI is InChI=1S/C20H21N3O4/c1-2-27-19(25)14-8-10-15(11-9-14)21-20(26)22-16-12-18(24)23(13-16)17-6-4-3-5-7-17/h3-11,16H,2,12-13H2,1H3,(H2,21,22,26)/t16-/m1/s1. The van der Waals surface area contributed by atoms with Crippen LogP contribution in [0.2, 0.25) is 0 Å². The molecule has 7 heteroatoms. The molecule has 0 saturated carbocycles. The molecule has 2 aromatic rings. The molecule has 0 bridgehead atoms. The van der Waals surface area contributed by atoms with Gasteiger partial charge in [0.05, 0.1) is 18.2 Å². The second-order valence-corrected chi connectivity index (χ2v) is 6.14. The zero-order valence-corrected chi connectivity index (χ0v) is 15.0. The van der Waals surface area contributed by atoms with Gasteiger partial charge >= 0.3 is 12.0 Å². The van der Waals surface area contributed by atoms with Crippen molar-refractivity contribution >= 4 is 29.3 Å². The van der Waals surface area contributed by atoms with Crippen molar-refractivity contribution in [2.45, 2.75) is 19.4 Å². The van der Waals surface area contributed by atoms with Gasteiger partial charge in [-0.1, -0.05) is 18.2 Å². The van der Waals surface area contributed by atoms with E-state index in [0.29, 0.717) is 24.4 Å². The summed E-state index contributed by atoms with van der Waals surface area (Å²) in [4.78, 5) is 37.7. The number of nitrogens with zero attached hydrogens (tertiary/aromatic N) is 1. The minimum absolute atomic E-state index is 0.0229. The van der Waals surface area contributed by atoms with Crippen LogP contribution in [0.5, 0.6) is 0 Å². The third-order valence-electron chi connectivity index (χ3n) is 4.18. The summed E-state index contributed by atoms with van der Waals surface area (Å²) in [5, 5.41) is 5.52. The Morgan fingerprint density at radius 2 is 1.81 bits per heavy atom. The fourth-order valence-electron chi connectivity index (χ4n) is 2.92. The van der Waals surface area contributed by atoms with Crippen LogP contribution in [0.15, 0.2) is 54.6 Å². The van der Waals surface area contributed by atoms with Gasteiger partial charge in [0.1, 0.15) is 0 Å². The molecule has 2 aromatic carbocycles. The van der Waals surface area contributed by atoms with Crippen LogP contribution in [-0.4, -0.2) is 37.1 Å². The summed E-state index contributed by atoms with van der Waals surface area (Å²) >= 11 is 0. The largest absolute Gasteiger partial charge is 0.462 e. The van der Waals surface area contributed by atoms with E-state index in [2.05, 4.69) is 10.6 Å². The van der Waals surface area contributed by atoms with Gasteiger partial charge in [-0.05, 0) is 43.3 Å². The highest BCUT2D eigenvalue weighted by Gasteiger charge is 2.31. The molecule has 1 heterocycles. The number of benzene rings is 2. The van der Waals surface area contributed by atoms with Gasteiger partial charge in [-0.15, -0.1) is 0 Å². The first-order valence-corrected chi connectivity index (χ1v) is 8.77. The number of carbonyl (C=O) groups excluding carboxylic acids is 3. The third kappa shape index (κ3) is 4.63. The van der Waals surface area contributed by atoms with Crippen molar-refractivity contribution in [2.75, 3.05) is 23.4 Å².